The normalized spacial score (nSPS) is 11.6. The van der Waals surface area contributed by atoms with Crippen molar-refractivity contribution in [2.45, 2.75) is 52.4 Å². The van der Waals surface area contributed by atoms with Crippen LogP contribution in [-0.2, 0) is 11.8 Å². The molecule has 0 saturated carbocycles. The van der Waals surface area contributed by atoms with E-state index in [4.69, 9.17) is 11.1 Å². The number of nitrogens with one attached hydrogen (secondary N) is 1. The Bertz CT molecular complexity index is 414. The highest BCUT2D eigenvalue weighted by atomic mass is 14.5. The van der Waals surface area contributed by atoms with Crippen molar-refractivity contribution in [2.75, 3.05) is 6.54 Å². The molecule has 0 radical (unpaired) electrons. The quantitative estimate of drug-likeness (QED) is 0.604. The van der Waals surface area contributed by atoms with Crippen LogP contribution in [0.2, 0.25) is 0 Å². The van der Waals surface area contributed by atoms with E-state index in [1.807, 2.05) is 6.92 Å². The molecule has 1 rings (SSSR count). The molecule has 1 aromatic rings. The standard InChI is InChI=1S/C16H26N2/c1-12(18)14-9-13(7-5-6-8-17)10-15(11-14)16(2,3)4/h9-11,18H,5-8,17H2,1-4H3. The minimum atomic E-state index is 0.133. The van der Waals surface area contributed by atoms with Crippen LogP contribution in [0.4, 0.5) is 0 Å². The Morgan fingerprint density at radius 2 is 1.83 bits per heavy atom. The van der Waals surface area contributed by atoms with Crippen LogP contribution in [0.1, 0.15) is 57.2 Å². The van der Waals surface area contributed by atoms with E-state index in [0.29, 0.717) is 5.71 Å². The Labute approximate surface area is 111 Å². The van der Waals surface area contributed by atoms with Gasteiger partial charge in [0, 0.05) is 5.71 Å². The van der Waals surface area contributed by atoms with Crippen molar-refractivity contribution in [3.8, 4) is 0 Å². The molecule has 0 saturated heterocycles. The van der Waals surface area contributed by atoms with Crippen LogP contribution in [-0.4, -0.2) is 12.3 Å². The molecular formula is C16H26N2. The van der Waals surface area contributed by atoms with E-state index in [1.54, 1.807) is 0 Å². The molecular weight excluding hydrogens is 220 g/mol. The molecule has 3 N–H and O–H groups in total. The summed E-state index contributed by atoms with van der Waals surface area (Å²) in [7, 11) is 0. The highest BCUT2D eigenvalue weighted by Gasteiger charge is 2.15. The lowest BCUT2D eigenvalue weighted by atomic mass is 9.84. The number of unbranched alkanes of at least 4 members (excludes halogenated alkanes) is 1. The van der Waals surface area contributed by atoms with Gasteiger partial charge in [0.2, 0.25) is 0 Å². The molecule has 0 aliphatic heterocycles. The second kappa shape index (κ2) is 6.14. The van der Waals surface area contributed by atoms with Crippen molar-refractivity contribution >= 4 is 5.71 Å². The first kappa shape index (κ1) is 14.9. The van der Waals surface area contributed by atoms with Crippen molar-refractivity contribution in [2.24, 2.45) is 5.73 Å². The lowest BCUT2D eigenvalue weighted by Crippen LogP contribution is -2.13. The Morgan fingerprint density at radius 1 is 1.17 bits per heavy atom. The maximum Gasteiger partial charge on any atom is 0.0355 e. The van der Waals surface area contributed by atoms with Gasteiger partial charge in [0.1, 0.15) is 0 Å². The summed E-state index contributed by atoms with van der Waals surface area (Å²) in [4.78, 5) is 0. The fraction of sp³-hybridized carbons (Fsp3) is 0.562. The molecule has 0 heterocycles. The molecule has 0 aliphatic rings. The van der Waals surface area contributed by atoms with Gasteiger partial charge >= 0.3 is 0 Å². The molecule has 2 nitrogen and oxygen atoms in total. The van der Waals surface area contributed by atoms with Gasteiger partial charge < -0.3 is 11.1 Å². The topological polar surface area (TPSA) is 49.9 Å². The van der Waals surface area contributed by atoms with E-state index >= 15 is 0 Å². The van der Waals surface area contributed by atoms with Crippen LogP contribution in [0, 0.1) is 5.41 Å². The molecule has 0 atom stereocenters. The Hall–Kier alpha value is -1.15. The zero-order valence-electron chi connectivity index (χ0n) is 12.1. The zero-order valence-corrected chi connectivity index (χ0v) is 12.1. The van der Waals surface area contributed by atoms with Gasteiger partial charge in [0.15, 0.2) is 0 Å². The Kier molecular flexibility index (Phi) is 5.09. The summed E-state index contributed by atoms with van der Waals surface area (Å²) >= 11 is 0. The summed E-state index contributed by atoms with van der Waals surface area (Å²) in [5.74, 6) is 0. The van der Waals surface area contributed by atoms with Gasteiger partial charge in [-0.25, -0.2) is 0 Å². The van der Waals surface area contributed by atoms with Crippen LogP contribution >= 0.6 is 0 Å². The van der Waals surface area contributed by atoms with Crippen LogP contribution < -0.4 is 5.73 Å². The summed E-state index contributed by atoms with van der Waals surface area (Å²) in [6.45, 7) is 9.26. The first-order valence-corrected chi connectivity index (χ1v) is 6.74. The molecule has 100 valence electrons. The lowest BCUT2D eigenvalue weighted by molar-refractivity contribution is 0.588. The highest BCUT2D eigenvalue weighted by molar-refractivity contribution is 5.96. The Balaban J connectivity index is 3.03. The van der Waals surface area contributed by atoms with Gasteiger partial charge in [-0.05, 0) is 67.0 Å². The average molecular weight is 246 g/mol. The molecule has 0 aromatic heterocycles. The maximum atomic E-state index is 7.83. The van der Waals surface area contributed by atoms with Crippen molar-refractivity contribution < 1.29 is 0 Å². The second-order valence-corrected chi connectivity index (χ2v) is 6.04. The third-order valence-corrected chi connectivity index (χ3v) is 3.21. The average Bonchev–Trinajstić information content (AvgIpc) is 2.28. The summed E-state index contributed by atoms with van der Waals surface area (Å²) in [5.41, 5.74) is 10.0. The van der Waals surface area contributed by atoms with Crippen molar-refractivity contribution in [3.63, 3.8) is 0 Å². The fourth-order valence-corrected chi connectivity index (χ4v) is 1.96. The third kappa shape index (κ3) is 4.26. The van der Waals surface area contributed by atoms with Gasteiger partial charge in [-0.3, -0.25) is 0 Å². The molecule has 0 bridgehead atoms. The summed E-state index contributed by atoms with van der Waals surface area (Å²) < 4.78 is 0. The molecule has 0 aliphatic carbocycles. The van der Waals surface area contributed by atoms with Gasteiger partial charge in [0.25, 0.3) is 0 Å². The number of nitrogens with two attached hydrogens (primary N) is 1. The number of hydrogen-bond donors (Lipinski definition) is 2. The fourth-order valence-electron chi connectivity index (χ4n) is 1.96. The number of rotatable bonds is 5. The summed E-state index contributed by atoms with van der Waals surface area (Å²) in [5, 5.41) is 7.83. The van der Waals surface area contributed by atoms with E-state index in [2.05, 4.69) is 39.0 Å². The third-order valence-electron chi connectivity index (χ3n) is 3.21. The van der Waals surface area contributed by atoms with E-state index in [0.717, 1.165) is 31.4 Å². The van der Waals surface area contributed by atoms with Crippen molar-refractivity contribution in [3.05, 3.63) is 34.9 Å². The minimum Gasteiger partial charge on any atom is -0.330 e. The second-order valence-electron chi connectivity index (χ2n) is 6.04. The van der Waals surface area contributed by atoms with Gasteiger partial charge in [-0.2, -0.15) is 0 Å². The smallest absolute Gasteiger partial charge is 0.0355 e. The predicted octanol–water partition coefficient (Wildman–Crippen LogP) is 3.65. The first-order chi connectivity index (χ1) is 8.34. The Morgan fingerprint density at radius 3 is 2.33 bits per heavy atom. The first-order valence-electron chi connectivity index (χ1n) is 6.74. The van der Waals surface area contributed by atoms with E-state index < -0.39 is 0 Å². The monoisotopic (exact) mass is 246 g/mol. The van der Waals surface area contributed by atoms with Crippen LogP contribution in [0.25, 0.3) is 0 Å². The predicted molar refractivity (Wildman–Crippen MR) is 79.6 cm³/mol. The molecule has 0 unspecified atom stereocenters. The summed E-state index contributed by atoms with van der Waals surface area (Å²) in [6.07, 6.45) is 3.25. The minimum absolute atomic E-state index is 0.133. The van der Waals surface area contributed by atoms with Gasteiger partial charge in [-0.15, -0.1) is 0 Å². The van der Waals surface area contributed by atoms with E-state index in [1.165, 1.54) is 11.1 Å². The zero-order chi connectivity index (χ0) is 13.8. The van der Waals surface area contributed by atoms with Gasteiger partial charge in [0.05, 0.1) is 0 Å². The number of aryl methyl sites for hydroxylation is 1. The molecule has 1 aromatic carbocycles. The highest BCUT2D eigenvalue weighted by Crippen LogP contribution is 2.25. The van der Waals surface area contributed by atoms with E-state index in [9.17, 15) is 0 Å². The summed E-state index contributed by atoms with van der Waals surface area (Å²) in [6, 6.07) is 6.58. The van der Waals surface area contributed by atoms with Gasteiger partial charge in [-0.1, -0.05) is 26.8 Å². The van der Waals surface area contributed by atoms with E-state index in [-0.39, 0.29) is 5.41 Å². The van der Waals surface area contributed by atoms with Crippen LogP contribution in [0.5, 0.6) is 0 Å². The molecule has 2 heteroatoms. The molecule has 0 fully saturated rings. The SMILES string of the molecule is CC(=N)c1cc(CCCCN)cc(C(C)(C)C)c1. The van der Waals surface area contributed by atoms with Crippen molar-refractivity contribution in [1.82, 2.24) is 0 Å². The van der Waals surface area contributed by atoms with Crippen LogP contribution in [0.15, 0.2) is 18.2 Å². The maximum absolute atomic E-state index is 7.83. The van der Waals surface area contributed by atoms with Crippen molar-refractivity contribution in [1.29, 1.82) is 5.41 Å². The molecule has 18 heavy (non-hydrogen) atoms. The number of hydrogen-bond acceptors (Lipinski definition) is 2. The molecule has 0 amide bonds. The van der Waals surface area contributed by atoms with Crippen LogP contribution in [0.3, 0.4) is 0 Å². The number of benzene rings is 1. The lowest BCUT2D eigenvalue weighted by Gasteiger charge is -2.21. The largest absolute Gasteiger partial charge is 0.330 e. The molecule has 0 spiro atoms.